The third-order valence-electron chi connectivity index (χ3n) is 9.01. The number of urea groups is 2. The SMILES string of the molecule is CC1=CC(=O)NC(=NC(=O)NCCN(CCNC(=O)Cc2nc(C)cc(=O)[nH]2)CCNC(=O)Nc2nc(C)cc(=O)[nH]2)C1.Cc1cc(=O)[nH]c(NC(=O)n2ccnc2)n1.NCCN(CCN)CCN. The highest BCUT2D eigenvalue weighted by Crippen LogP contribution is 2.06. The third-order valence-corrected chi connectivity index (χ3v) is 9.01. The molecule has 0 spiro atoms. The molecule has 4 aromatic rings. The molecular formula is C41H62N20O8. The van der Waals surface area contributed by atoms with Crippen molar-refractivity contribution in [1.82, 2.24) is 70.5 Å². The molecular weight excluding hydrogens is 901 g/mol. The van der Waals surface area contributed by atoms with Gasteiger partial charge in [0.15, 0.2) is 0 Å². The molecule has 0 bridgehead atoms. The average molecular weight is 963 g/mol. The van der Waals surface area contributed by atoms with Gasteiger partial charge in [0.1, 0.15) is 18.0 Å². The van der Waals surface area contributed by atoms with Gasteiger partial charge in [-0.3, -0.25) is 58.9 Å². The highest BCUT2D eigenvalue weighted by Gasteiger charge is 2.15. The summed E-state index contributed by atoms with van der Waals surface area (Å²) < 4.78 is 1.24. The van der Waals surface area contributed by atoms with Crippen LogP contribution in [0.2, 0.25) is 0 Å². The number of aromatic nitrogens is 8. The second-order valence-electron chi connectivity index (χ2n) is 15.1. The fourth-order valence-corrected chi connectivity index (χ4v) is 6.12. The van der Waals surface area contributed by atoms with E-state index in [4.69, 9.17) is 17.2 Å². The van der Waals surface area contributed by atoms with Crippen molar-refractivity contribution in [3.8, 4) is 0 Å². The first-order valence-corrected chi connectivity index (χ1v) is 21.7. The average Bonchev–Trinajstić information content (AvgIpc) is 3.79. The second-order valence-corrected chi connectivity index (χ2v) is 15.1. The third kappa shape index (κ3) is 23.0. The zero-order valence-corrected chi connectivity index (χ0v) is 39.0. The molecule has 0 unspecified atom stereocenters. The van der Waals surface area contributed by atoms with E-state index in [1.54, 1.807) is 27.7 Å². The Morgan fingerprint density at radius 1 is 0.696 bits per heavy atom. The van der Waals surface area contributed by atoms with Crippen LogP contribution in [0.5, 0.6) is 0 Å². The fraction of sp³-hybridized carbons (Fsp3) is 0.439. The summed E-state index contributed by atoms with van der Waals surface area (Å²) in [5.41, 5.74) is 17.3. The molecule has 0 saturated carbocycles. The van der Waals surface area contributed by atoms with E-state index in [0.29, 0.717) is 62.8 Å². The van der Waals surface area contributed by atoms with Crippen molar-refractivity contribution in [2.75, 3.05) is 89.2 Å². The number of imidazole rings is 1. The highest BCUT2D eigenvalue weighted by atomic mass is 16.2. The van der Waals surface area contributed by atoms with Crippen LogP contribution in [0.1, 0.15) is 36.3 Å². The normalized spacial score (nSPS) is 12.4. The maximum atomic E-state index is 12.4. The summed E-state index contributed by atoms with van der Waals surface area (Å²) in [5, 5.41) is 15.5. The zero-order valence-electron chi connectivity index (χ0n) is 39.0. The van der Waals surface area contributed by atoms with Gasteiger partial charge in [0.2, 0.25) is 23.7 Å². The van der Waals surface area contributed by atoms with Crippen molar-refractivity contribution >= 4 is 47.6 Å². The number of nitrogens with zero attached hydrogens (tertiary/aromatic N) is 8. The summed E-state index contributed by atoms with van der Waals surface area (Å²) in [5.74, 6) is -0.0447. The predicted molar refractivity (Wildman–Crippen MR) is 257 cm³/mol. The van der Waals surface area contributed by atoms with Crippen molar-refractivity contribution < 1.29 is 24.0 Å². The van der Waals surface area contributed by atoms with Crippen LogP contribution in [0.15, 0.2) is 67.9 Å². The molecule has 5 heterocycles. The van der Waals surface area contributed by atoms with Gasteiger partial charge in [-0.25, -0.2) is 34.3 Å². The predicted octanol–water partition coefficient (Wildman–Crippen LogP) is -2.65. The van der Waals surface area contributed by atoms with E-state index in [9.17, 15) is 38.4 Å². The van der Waals surface area contributed by atoms with E-state index in [1.165, 1.54) is 47.6 Å². The number of carbonyl (C=O) groups excluding carboxylic acids is 5. The molecule has 0 saturated heterocycles. The van der Waals surface area contributed by atoms with Crippen molar-refractivity contribution in [2.45, 2.75) is 40.5 Å². The molecule has 0 radical (unpaired) electrons. The van der Waals surface area contributed by atoms with Gasteiger partial charge in [-0.1, -0.05) is 5.57 Å². The Hall–Kier alpha value is -7.79. The largest absolute Gasteiger partial charge is 0.354 e. The Bertz CT molecular complexity index is 2460. The van der Waals surface area contributed by atoms with Crippen molar-refractivity contribution in [3.05, 3.63) is 103 Å². The number of aromatic amines is 3. The highest BCUT2D eigenvalue weighted by molar-refractivity contribution is 6.09. The molecule has 7 amide bonds. The summed E-state index contributed by atoms with van der Waals surface area (Å²) in [6, 6.07) is 2.33. The first kappa shape index (κ1) is 55.5. The first-order valence-electron chi connectivity index (χ1n) is 21.7. The summed E-state index contributed by atoms with van der Waals surface area (Å²) in [4.78, 5) is 126. The van der Waals surface area contributed by atoms with Crippen LogP contribution >= 0.6 is 0 Å². The molecule has 0 atom stereocenters. The van der Waals surface area contributed by atoms with Crippen molar-refractivity contribution in [3.63, 3.8) is 0 Å². The second kappa shape index (κ2) is 29.8. The number of aliphatic imine (C=N–C) groups is 1. The number of hydrogen-bond acceptors (Lipinski definition) is 17. The lowest BCUT2D eigenvalue weighted by atomic mass is 10.1. The van der Waals surface area contributed by atoms with Gasteiger partial charge >= 0.3 is 18.1 Å². The monoisotopic (exact) mass is 963 g/mol. The number of amidine groups is 1. The summed E-state index contributed by atoms with van der Waals surface area (Å²) in [6.07, 6.45) is 6.01. The Morgan fingerprint density at radius 3 is 1.74 bits per heavy atom. The summed E-state index contributed by atoms with van der Waals surface area (Å²) >= 11 is 0. The minimum Gasteiger partial charge on any atom is -0.354 e. The fourth-order valence-electron chi connectivity index (χ4n) is 6.12. The van der Waals surface area contributed by atoms with Crippen LogP contribution in [-0.2, 0) is 16.0 Å². The van der Waals surface area contributed by atoms with Gasteiger partial charge in [-0.15, -0.1) is 0 Å². The van der Waals surface area contributed by atoms with E-state index in [0.717, 1.165) is 25.2 Å². The van der Waals surface area contributed by atoms with E-state index >= 15 is 0 Å². The van der Waals surface area contributed by atoms with Gasteiger partial charge in [-0.2, -0.15) is 4.99 Å². The Morgan fingerprint density at radius 2 is 1.22 bits per heavy atom. The van der Waals surface area contributed by atoms with E-state index in [2.05, 4.69) is 76.7 Å². The van der Waals surface area contributed by atoms with E-state index < -0.39 is 23.7 Å². The maximum absolute atomic E-state index is 12.4. The van der Waals surface area contributed by atoms with Gasteiger partial charge in [0.05, 0.1) is 6.42 Å². The standard InChI is InChI=1S/C26H35N11O6.C9H9N5O2.C6H18N4/c1-15-10-18(32-21(39)11-15)34-25(42)28-5-8-37(7-4-27-20(38)14-19-30-16(2)12-22(40)33-19)9-6-29-26(43)36-24-31-17(3)13-23(41)35-24;1-6-4-7(15)12-8(11-6)13-9(16)14-3-2-10-5-14;7-1-4-10(5-2-8)6-3-9/h11-13H,4-10,14H2,1-3H3,(H,27,38)(H,30,33,40)(H2,28,32,34,39,42)(H3,29,31,35,36,41,43);2-5H,1H3,(H2,11,12,13,15,16);1-9H2. The maximum Gasteiger partial charge on any atom is 0.342 e. The molecule has 69 heavy (non-hydrogen) atoms. The number of anilines is 2. The number of H-pyrrole nitrogens is 3. The van der Waals surface area contributed by atoms with Gasteiger partial charge < -0.3 is 43.5 Å². The van der Waals surface area contributed by atoms with Gasteiger partial charge in [-0.05, 0) is 27.7 Å². The quantitative estimate of drug-likeness (QED) is 0.0456. The molecule has 374 valence electrons. The molecule has 15 N–H and O–H groups in total. The minimum absolute atomic E-state index is 0.00989. The number of rotatable bonds is 19. The van der Waals surface area contributed by atoms with Crippen LogP contribution in [0, 0.1) is 20.8 Å². The van der Waals surface area contributed by atoms with E-state index in [1.807, 2.05) is 4.90 Å². The number of hydrogen-bond donors (Lipinski definition) is 12. The van der Waals surface area contributed by atoms with Crippen LogP contribution < -0.4 is 65.8 Å². The van der Waals surface area contributed by atoms with E-state index in [-0.39, 0.29) is 72.5 Å². The lowest BCUT2D eigenvalue weighted by molar-refractivity contribution is -0.120. The molecule has 5 rings (SSSR count). The minimum atomic E-state index is -0.616. The van der Waals surface area contributed by atoms with Crippen LogP contribution in [0.3, 0.4) is 0 Å². The zero-order chi connectivity index (χ0) is 50.7. The summed E-state index contributed by atoms with van der Waals surface area (Å²) in [6.45, 7) is 13.1. The topological polar surface area (TPSA) is 409 Å². The smallest absolute Gasteiger partial charge is 0.342 e. The molecule has 0 fully saturated rings. The molecule has 0 aliphatic carbocycles. The van der Waals surface area contributed by atoms with Crippen LogP contribution in [0.25, 0.3) is 0 Å². The van der Waals surface area contributed by atoms with Gasteiger partial charge in [0.25, 0.3) is 16.7 Å². The number of nitrogens with one attached hydrogen (secondary N) is 9. The van der Waals surface area contributed by atoms with Crippen LogP contribution in [0.4, 0.5) is 26.3 Å². The Kier molecular flexibility index (Phi) is 24.0. The molecule has 1 aliphatic rings. The van der Waals surface area contributed by atoms with Crippen LogP contribution in [-0.4, -0.2) is 164 Å². The molecule has 1 aliphatic heterocycles. The number of carbonyl (C=O) groups is 5. The molecule has 28 heteroatoms. The first-order chi connectivity index (χ1) is 32.9. The van der Waals surface area contributed by atoms with Crippen molar-refractivity contribution in [2.24, 2.45) is 22.2 Å². The molecule has 28 nitrogen and oxygen atoms in total. The molecule has 4 aromatic heterocycles. The Labute approximate surface area is 395 Å². The number of aryl methyl sites for hydroxylation is 3. The Balaban J connectivity index is 0.000000391. The lowest BCUT2D eigenvalue weighted by Gasteiger charge is -2.23. The summed E-state index contributed by atoms with van der Waals surface area (Å²) in [7, 11) is 0. The van der Waals surface area contributed by atoms with Crippen molar-refractivity contribution in [1.29, 1.82) is 0 Å². The number of amides is 7. The van der Waals surface area contributed by atoms with Gasteiger partial charge in [0, 0.05) is 139 Å². The number of nitrogens with two attached hydrogens (primary N) is 3. The lowest BCUT2D eigenvalue weighted by Crippen LogP contribution is -2.43. The molecule has 0 aromatic carbocycles.